The Morgan fingerprint density at radius 1 is 1.02 bits per heavy atom. The molecule has 11 heteroatoms. The first kappa shape index (κ1) is 30.3. The average Bonchev–Trinajstić information content (AvgIpc) is 3.68. The van der Waals surface area contributed by atoms with Crippen LogP contribution in [0, 0.1) is 0 Å². The van der Waals surface area contributed by atoms with E-state index in [0.29, 0.717) is 18.8 Å². The summed E-state index contributed by atoms with van der Waals surface area (Å²) in [4.78, 5) is 58.3. The van der Waals surface area contributed by atoms with Crippen LogP contribution in [-0.4, -0.2) is 95.5 Å². The number of para-hydroxylation sites is 1. The van der Waals surface area contributed by atoms with E-state index in [4.69, 9.17) is 4.74 Å². The second-order valence-corrected chi connectivity index (χ2v) is 11.5. The van der Waals surface area contributed by atoms with Crippen molar-refractivity contribution in [2.75, 3.05) is 32.8 Å². The molecule has 4 atom stereocenters. The number of aromatic hydroxyl groups is 1. The monoisotopic (exact) mass is 591 g/mol. The lowest BCUT2D eigenvalue weighted by molar-refractivity contribution is -0.138. The van der Waals surface area contributed by atoms with Gasteiger partial charge in [0.25, 0.3) is 5.91 Å². The summed E-state index contributed by atoms with van der Waals surface area (Å²) in [5.41, 5.74) is 1.02. The minimum Gasteiger partial charge on any atom is -0.508 e. The van der Waals surface area contributed by atoms with Crippen LogP contribution < -0.4 is 20.7 Å². The summed E-state index contributed by atoms with van der Waals surface area (Å²) in [5.74, 6) is -1.28. The highest BCUT2D eigenvalue weighted by atomic mass is 16.5. The molecule has 0 spiro atoms. The number of amides is 4. The molecular formula is C32H41N5O6. The highest BCUT2D eigenvalue weighted by Crippen LogP contribution is 2.24. The number of hydrogen-bond acceptors (Lipinski definition) is 7. The normalized spacial score (nSPS) is 25.1. The summed E-state index contributed by atoms with van der Waals surface area (Å²) in [5, 5.41) is 18.3. The minimum atomic E-state index is -1.16. The molecule has 3 aliphatic heterocycles. The van der Waals surface area contributed by atoms with Gasteiger partial charge in [-0.25, -0.2) is 0 Å². The van der Waals surface area contributed by atoms with Gasteiger partial charge in [-0.3, -0.25) is 24.1 Å². The molecule has 0 aromatic heterocycles. The Hall–Kier alpha value is -4.12. The zero-order valence-corrected chi connectivity index (χ0v) is 24.6. The van der Waals surface area contributed by atoms with Crippen LogP contribution in [0.25, 0.3) is 0 Å². The van der Waals surface area contributed by atoms with Gasteiger partial charge >= 0.3 is 0 Å². The maximum Gasteiger partial charge on any atom is 0.255 e. The van der Waals surface area contributed by atoms with Crippen molar-refractivity contribution in [3.63, 3.8) is 0 Å². The number of carbonyl (C=O) groups is 4. The van der Waals surface area contributed by atoms with Crippen LogP contribution in [0.4, 0.5) is 0 Å². The Bertz CT molecular complexity index is 1320. The lowest BCUT2D eigenvalue weighted by Gasteiger charge is -2.30. The molecule has 2 fully saturated rings. The Morgan fingerprint density at radius 3 is 2.58 bits per heavy atom. The van der Waals surface area contributed by atoms with Gasteiger partial charge in [-0.1, -0.05) is 31.2 Å². The lowest BCUT2D eigenvalue weighted by Crippen LogP contribution is -2.55. The van der Waals surface area contributed by atoms with Crippen LogP contribution in [0.15, 0.2) is 48.5 Å². The highest BCUT2D eigenvalue weighted by Gasteiger charge is 2.36. The lowest BCUT2D eigenvalue weighted by atomic mass is 10.0. The summed E-state index contributed by atoms with van der Waals surface area (Å²) >= 11 is 0. The Morgan fingerprint density at radius 2 is 1.79 bits per heavy atom. The van der Waals surface area contributed by atoms with Gasteiger partial charge < -0.3 is 30.7 Å². The smallest absolute Gasteiger partial charge is 0.255 e. The van der Waals surface area contributed by atoms with Crippen molar-refractivity contribution in [3.05, 3.63) is 59.7 Å². The number of phenols is 1. The fourth-order valence-electron chi connectivity index (χ4n) is 6.30. The van der Waals surface area contributed by atoms with E-state index in [1.807, 2.05) is 0 Å². The molecule has 4 N–H and O–H groups in total. The van der Waals surface area contributed by atoms with E-state index < -0.39 is 29.8 Å². The van der Waals surface area contributed by atoms with E-state index in [1.165, 1.54) is 12.1 Å². The number of carbonyl (C=O) groups excluding carboxylic acids is 4. The maximum absolute atomic E-state index is 13.9. The summed E-state index contributed by atoms with van der Waals surface area (Å²) < 4.78 is 6.11. The number of hydrogen-bond donors (Lipinski definition) is 4. The number of benzene rings is 2. The van der Waals surface area contributed by atoms with E-state index in [2.05, 4.69) is 27.8 Å². The fourth-order valence-corrected chi connectivity index (χ4v) is 6.30. The molecule has 0 saturated carbocycles. The van der Waals surface area contributed by atoms with Gasteiger partial charge in [0.1, 0.15) is 30.2 Å². The molecule has 0 aliphatic carbocycles. The number of rotatable bonds is 6. The minimum absolute atomic E-state index is 0.103. The first-order valence-electron chi connectivity index (χ1n) is 15.2. The molecular weight excluding hydrogens is 550 g/mol. The Balaban J connectivity index is 1.41. The van der Waals surface area contributed by atoms with Crippen molar-refractivity contribution in [3.8, 4) is 11.5 Å². The molecule has 0 bridgehead atoms. The summed E-state index contributed by atoms with van der Waals surface area (Å²) in [7, 11) is 0. The summed E-state index contributed by atoms with van der Waals surface area (Å²) in [6.07, 6.45) is 3.41. The third-order valence-electron chi connectivity index (χ3n) is 8.66. The maximum atomic E-state index is 13.9. The topological polar surface area (TPSA) is 140 Å². The molecule has 230 valence electrons. The Labute approximate surface area is 251 Å². The molecule has 2 aromatic rings. The molecule has 4 amide bonds. The molecule has 43 heavy (non-hydrogen) atoms. The quantitative estimate of drug-likeness (QED) is 0.400. The number of likely N-dealkylation sites (tertiary alicyclic amines) is 1. The third-order valence-corrected chi connectivity index (χ3v) is 8.66. The van der Waals surface area contributed by atoms with Crippen molar-refractivity contribution in [1.29, 1.82) is 0 Å². The summed E-state index contributed by atoms with van der Waals surface area (Å²) in [6.45, 7) is 5.08. The summed E-state index contributed by atoms with van der Waals surface area (Å²) in [6, 6.07) is 11.2. The molecule has 3 aliphatic rings. The highest BCUT2D eigenvalue weighted by molar-refractivity contribution is 6.01. The van der Waals surface area contributed by atoms with Crippen LogP contribution in [0.5, 0.6) is 11.5 Å². The third kappa shape index (κ3) is 7.45. The van der Waals surface area contributed by atoms with Gasteiger partial charge in [0.15, 0.2) is 0 Å². The molecule has 3 heterocycles. The number of ether oxygens (including phenoxy) is 1. The van der Waals surface area contributed by atoms with Crippen molar-refractivity contribution in [1.82, 2.24) is 25.8 Å². The number of fused-ring (bicyclic) bond motifs is 2. The van der Waals surface area contributed by atoms with E-state index in [1.54, 1.807) is 41.3 Å². The number of nitrogens with zero attached hydrogens (tertiary/aromatic N) is 2. The number of likely N-dealkylation sites (N-methyl/N-ethyl adjacent to an activating group) is 1. The molecule has 11 nitrogen and oxygen atoms in total. The van der Waals surface area contributed by atoms with Crippen LogP contribution in [0.2, 0.25) is 0 Å². The van der Waals surface area contributed by atoms with Crippen LogP contribution >= 0.6 is 0 Å². The van der Waals surface area contributed by atoms with Crippen molar-refractivity contribution in [2.45, 2.75) is 69.6 Å². The predicted octanol–water partition coefficient (Wildman–Crippen LogP) is 1.59. The first-order valence-corrected chi connectivity index (χ1v) is 15.2. The van der Waals surface area contributed by atoms with Gasteiger partial charge in [0, 0.05) is 25.6 Å². The van der Waals surface area contributed by atoms with E-state index in [9.17, 15) is 24.3 Å². The Kier molecular flexibility index (Phi) is 9.81. The van der Waals surface area contributed by atoms with E-state index >= 15 is 0 Å². The van der Waals surface area contributed by atoms with Gasteiger partial charge in [-0.05, 0) is 68.6 Å². The molecule has 2 aromatic carbocycles. The molecule has 5 rings (SSSR count). The van der Waals surface area contributed by atoms with E-state index in [-0.39, 0.29) is 48.8 Å². The van der Waals surface area contributed by atoms with E-state index in [0.717, 1.165) is 44.3 Å². The average molecular weight is 592 g/mol. The molecule has 0 unspecified atom stereocenters. The fraction of sp³-hybridized carbons (Fsp3) is 0.500. The SMILES string of the molecule is CCN1CCC[C@H]1CNC(=O)[C@@H]1CC(=O)N[C@@H](Cc2ccc(O)cc2)C(=O)N2CCC[C@@H]2COc2ccccc2C(=O)N1. The van der Waals surface area contributed by atoms with Gasteiger partial charge in [-0.2, -0.15) is 0 Å². The van der Waals surface area contributed by atoms with Crippen LogP contribution in [-0.2, 0) is 20.8 Å². The number of phenolic OH excluding ortho intramolecular Hbond substituents is 1. The van der Waals surface area contributed by atoms with Crippen molar-refractivity contribution in [2.24, 2.45) is 0 Å². The standard InChI is InChI=1S/C32H41N5O6/c1-2-36-15-5-7-22(36)19-33-31(41)26-18-29(39)34-27(17-21-11-13-24(38)14-12-21)32(42)37-16-6-8-23(37)20-43-28-10-4-3-9-25(28)30(40)35-26/h3-4,9-14,22-23,26-27,38H,2,5-8,15-20H2,1H3,(H,33,41)(H,34,39)(H,35,40)/t22-,23+,26-,27-/m0/s1. The second kappa shape index (κ2) is 13.9. The van der Waals surface area contributed by atoms with Crippen LogP contribution in [0.3, 0.4) is 0 Å². The zero-order chi connectivity index (χ0) is 30.3. The largest absolute Gasteiger partial charge is 0.508 e. The number of nitrogens with one attached hydrogen (secondary N) is 3. The van der Waals surface area contributed by atoms with Gasteiger partial charge in [-0.15, -0.1) is 0 Å². The van der Waals surface area contributed by atoms with Gasteiger partial charge in [0.2, 0.25) is 17.7 Å². The predicted molar refractivity (Wildman–Crippen MR) is 160 cm³/mol. The first-order chi connectivity index (χ1) is 20.8. The van der Waals surface area contributed by atoms with Crippen molar-refractivity contribution >= 4 is 23.6 Å². The molecule has 0 radical (unpaired) electrons. The van der Waals surface area contributed by atoms with Crippen LogP contribution in [0.1, 0.15) is 54.9 Å². The zero-order valence-electron chi connectivity index (χ0n) is 24.6. The van der Waals surface area contributed by atoms with Crippen molar-refractivity contribution < 1.29 is 29.0 Å². The van der Waals surface area contributed by atoms with Gasteiger partial charge in [0.05, 0.1) is 18.0 Å². The second-order valence-electron chi connectivity index (χ2n) is 11.5. The molecule has 2 saturated heterocycles.